The number of carbonyl (C=O) groups is 1. The number of anilines is 2. The van der Waals surface area contributed by atoms with E-state index in [0.717, 1.165) is 41.5 Å². The van der Waals surface area contributed by atoms with E-state index >= 15 is 0 Å². The standard InChI is InChI=1S/C17H14N4S.C5H9NO/c1-12-7-13(11-22-12)16-9-19-21-10-15(8-18-17(16)21)20-14-5-3-2-4-6-14;7-4-6-3-5-1-2-5/h2-11,20H,1H3;4-5H,1-3H2,(H,6,7). The molecule has 3 aromatic heterocycles. The van der Waals surface area contributed by atoms with Gasteiger partial charge in [0.2, 0.25) is 6.41 Å². The summed E-state index contributed by atoms with van der Waals surface area (Å²) in [4.78, 5) is 15.5. The highest BCUT2D eigenvalue weighted by Crippen LogP contribution is 2.28. The highest BCUT2D eigenvalue weighted by Gasteiger charge is 2.19. The largest absolute Gasteiger partial charge is 0.358 e. The van der Waals surface area contributed by atoms with Crippen LogP contribution in [-0.2, 0) is 4.79 Å². The molecule has 148 valence electrons. The number of nitrogens with zero attached hydrogens (tertiary/aromatic N) is 3. The zero-order valence-electron chi connectivity index (χ0n) is 16.2. The van der Waals surface area contributed by atoms with Crippen molar-refractivity contribution in [1.82, 2.24) is 19.9 Å². The molecule has 0 atom stereocenters. The summed E-state index contributed by atoms with van der Waals surface area (Å²) in [5, 5.41) is 12.5. The first-order chi connectivity index (χ1) is 14.2. The minimum Gasteiger partial charge on any atom is -0.358 e. The van der Waals surface area contributed by atoms with E-state index in [0.29, 0.717) is 0 Å². The molecule has 5 rings (SSSR count). The van der Waals surface area contributed by atoms with Gasteiger partial charge < -0.3 is 10.6 Å². The number of fused-ring (bicyclic) bond motifs is 1. The van der Waals surface area contributed by atoms with Crippen LogP contribution in [0.25, 0.3) is 16.8 Å². The highest BCUT2D eigenvalue weighted by molar-refractivity contribution is 7.10. The smallest absolute Gasteiger partial charge is 0.207 e. The fraction of sp³-hybridized carbons (Fsp3) is 0.227. The molecule has 0 bridgehead atoms. The van der Waals surface area contributed by atoms with E-state index in [2.05, 4.69) is 39.1 Å². The fourth-order valence-corrected chi connectivity index (χ4v) is 3.66. The topological polar surface area (TPSA) is 71.3 Å². The average Bonchev–Trinajstić information content (AvgIpc) is 3.33. The zero-order valence-corrected chi connectivity index (χ0v) is 17.0. The van der Waals surface area contributed by atoms with Crippen LogP contribution in [0.3, 0.4) is 0 Å². The van der Waals surface area contributed by atoms with Crippen LogP contribution in [0.1, 0.15) is 17.7 Å². The predicted molar refractivity (Wildman–Crippen MR) is 118 cm³/mol. The summed E-state index contributed by atoms with van der Waals surface area (Å²) in [5.41, 5.74) is 5.06. The van der Waals surface area contributed by atoms with Gasteiger partial charge in [0.05, 0.1) is 24.3 Å². The molecule has 0 saturated heterocycles. The zero-order chi connectivity index (χ0) is 20.1. The summed E-state index contributed by atoms with van der Waals surface area (Å²) >= 11 is 1.74. The van der Waals surface area contributed by atoms with E-state index in [-0.39, 0.29) is 0 Å². The molecule has 0 aliphatic heterocycles. The Morgan fingerprint density at radius 2 is 2.03 bits per heavy atom. The van der Waals surface area contributed by atoms with Crippen molar-refractivity contribution in [3.05, 3.63) is 65.2 Å². The lowest BCUT2D eigenvalue weighted by Crippen LogP contribution is -2.13. The summed E-state index contributed by atoms with van der Waals surface area (Å²) in [5.74, 6) is 0.810. The third-order valence-corrected chi connectivity index (χ3v) is 5.51. The van der Waals surface area contributed by atoms with Crippen molar-refractivity contribution in [1.29, 1.82) is 0 Å². The van der Waals surface area contributed by atoms with Gasteiger partial charge in [0.25, 0.3) is 0 Å². The molecular weight excluding hydrogens is 382 g/mol. The van der Waals surface area contributed by atoms with Crippen molar-refractivity contribution in [2.45, 2.75) is 19.8 Å². The number of aryl methyl sites for hydroxylation is 1. The molecule has 0 unspecified atom stereocenters. The summed E-state index contributed by atoms with van der Waals surface area (Å²) < 4.78 is 1.81. The Balaban J connectivity index is 0.000000249. The van der Waals surface area contributed by atoms with Crippen LogP contribution in [0, 0.1) is 12.8 Å². The van der Waals surface area contributed by atoms with Gasteiger partial charge in [-0.25, -0.2) is 9.50 Å². The van der Waals surface area contributed by atoms with E-state index in [1.807, 2.05) is 53.4 Å². The second-order valence-corrected chi connectivity index (χ2v) is 8.19. The monoisotopic (exact) mass is 405 g/mol. The third kappa shape index (κ3) is 5.00. The number of nitrogens with one attached hydrogen (secondary N) is 2. The van der Waals surface area contributed by atoms with Gasteiger partial charge in [0.15, 0.2) is 5.65 Å². The molecular formula is C22H23N5OS. The first kappa shape index (κ1) is 19.1. The average molecular weight is 406 g/mol. The number of hydrogen-bond donors (Lipinski definition) is 2. The fourth-order valence-electron chi connectivity index (χ4n) is 2.95. The van der Waals surface area contributed by atoms with E-state index in [4.69, 9.17) is 0 Å². The van der Waals surface area contributed by atoms with E-state index < -0.39 is 0 Å². The van der Waals surface area contributed by atoms with Gasteiger partial charge in [-0.05, 0) is 54.8 Å². The van der Waals surface area contributed by atoms with Crippen molar-refractivity contribution >= 4 is 34.8 Å². The number of benzene rings is 1. The number of para-hydroxylation sites is 1. The number of aromatic nitrogens is 3. The predicted octanol–water partition coefficient (Wildman–Crippen LogP) is 4.65. The van der Waals surface area contributed by atoms with Crippen LogP contribution in [-0.4, -0.2) is 27.6 Å². The SMILES string of the molecule is Cc1cc(-c2cnn3cc(Nc4ccccc4)cnc23)cs1.O=CNCC1CC1. The minimum absolute atomic E-state index is 0.762. The number of rotatable bonds is 6. The van der Waals surface area contributed by atoms with Crippen LogP contribution in [0.5, 0.6) is 0 Å². The van der Waals surface area contributed by atoms with Crippen molar-refractivity contribution in [2.75, 3.05) is 11.9 Å². The summed E-state index contributed by atoms with van der Waals surface area (Å²) in [6, 6.07) is 12.2. The molecule has 6 nitrogen and oxygen atoms in total. The minimum atomic E-state index is 0.762. The molecule has 4 aromatic rings. The number of amides is 1. The molecule has 1 aliphatic rings. The summed E-state index contributed by atoms with van der Waals surface area (Å²) in [6.45, 7) is 3.00. The Morgan fingerprint density at radius 3 is 2.72 bits per heavy atom. The Labute approximate surface area is 173 Å². The molecule has 1 aliphatic carbocycles. The normalized spacial score (nSPS) is 12.9. The molecule has 0 radical (unpaired) electrons. The lowest BCUT2D eigenvalue weighted by Gasteiger charge is -2.06. The van der Waals surface area contributed by atoms with Gasteiger partial charge in [-0.2, -0.15) is 5.10 Å². The first-order valence-electron chi connectivity index (χ1n) is 9.61. The number of hydrogen-bond acceptors (Lipinski definition) is 5. The van der Waals surface area contributed by atoms with Crippen LogP contribution in [0.4, 0.5) is 11.4 Å². The van der Waals surface area contributed by atoms with Crippen molar-refractivity contribution in [3.8, 4) is 11.1 Å². The summed E-state index contributed by atoms with van der Waals surface area (Å²) in [6.07, 6.45) is 9.04. The van der Waals surface area contributed by atoms with Gasteiger partial charge in [-0.15, -0.1) is 11.3 Å². The van der Waals surface area contributed by atoms with Crippen LogP contribution >= 0.6 is 11.3 Å². The lowest BCUT2D eigenvalue weighted by atomic mass is 10.2. The molecule has 3 heterocycles. The molecule has 1 fully saturated rings. The van der Waals surface area contributed by atoms with Gasteiger partial charge in [0, 0.05) is 22.7 Å². The second-order valence-electron chi connectivity index (χ2n) is 7.08. The van der Waals surface area contributed by atoms with Gasteiger partial charge in [0.1, 0.15) is 0 Å². The maximum absolute atomic E-state index is 9.63. The maximum Gasteiger partial charge on any atom is 0.207 e. The molecule has 29 heavy (non-hydrogen) atoms. The number of carbonyl (C=O) groups excluding carboxylic acids is 1. The Morgan fingerprint density at radius 1 is 1.21 bits per heavy atom. The number of thiophene rings is 1. The van der Waals surface area contributed by atoms with E-state index in [9.17, 15) is 4.79 Å². The molecule has 1 aromatic carbocycles. The lowest BCUT2D eigenvalue weighted by molar-refractivity contribution is -0.109. The van der Waals surface area contributed by atoms with Crippen molar-refractivity contribution in [3.63, 3.8) is 0 Å². The van der Waals surface area contributed by atoms with E-state index in [1.54, 1.807) is 11.3 Å². The Kier molecular flexibility index (Phi) is 5.86. The molecule has 1 saturated carbocycles. The Hall–Kier alpha value is -3.19. The summed E-state index contributed by atoms with van der Waals surface area (Å²) in [7, 11) is 0. The van der Waals surface area contributed by atoms with Crippen LogP contribution in [0.2, 0.25) is 0 Å². The molecule has 1 amide bonds. The highest BCUT2D eigenvalue weighted by atomic mass is 32.1. The quantitative estimate of drug-likeness (QED) is 0.458. The van der Waals surface area contributed by atoms with Gasteiger partial charge in [-0.1, -0.05) is 18.2 Å². The Bertz CT molecular complexity index is 1080. The maximum atomic E-state index is 9.63. The van der Waals surface area contributed by atoms with Crippen LogP contribution < -0.4 is 10.6 Å². The van der Waals surface area contributed by atoms with Crippen LogP contribution in [0.15, 0.2) is 60.4 Å². The molecule has 0 spiro atoms. The van der Waals surface area contributed by atoms with E-state index in [1.165, 1.54) is 23.3 Å². The molecule has 2 N–H and O–H groups in total. The van der Waals surface area contributed by atoms with Gasteiger partial charge in [-0.3, -0.25) is 4.79 Å². The van der Waals surface area contributed by atoms with Crippen molar-refractivity contribution < 1.29 is 4.79 Å². The first-order valence-corrected chi connectivity index (χ1v) is 10.5. The second kappa shape index (κ2) is 8.87. The molecule has 7 heteroatoms. The van der Waals surface area contributed by atoms with Crippen molar-refractivity contribution in [2.24, 2.45) is 5.92 Å². The third-order valence-electron chi connectivity index (χ3n) is 4.65. The van der Waals surface area contributed by atoms with Gasteiger partial charge >= 0.3 is 0 Å².